The van der Waals surface area contributed by atoms with Crippen molar-refractivity contribution in [3.8, 4) is 11.5 Å². The van der Waals surface area contributed by atoms with E-state index >= 15 is 0 Å². The van der Waals surface area contributed by atoms with E-state index in [1.165, 1.54) is 24.3 Å². The van der Waals surface area contributed by atoms with Crippen LogP contribution in [0.3, 0.4) is 0 Å². The molecule has 0 aliphatic heterocycles. The van der Waals surface area contributed by atoms with Gasteiger partial charge in [-0.1, -0.05) is 24.3 Å². The first-order valence-electron chi connectivity index (χ1n) is 5.38. The zero-order valence-electron chi connectivity index (χ0n) is 9.45. The summed E-state index contributed by atoms with van der Waals surface area (Å²) in [6.07, 6.45) is 0. The van der Waals surface area contributed by atoms with Gasteiger partial charge in [-0.25, -0.2) is 0 Å². The Morgan fingerprint density at radius 1 is 0.789 bits per heavy atom. The topological polar surface area (TPSA) is 77.8 Å². The minimum absolute atomic E-state index is 0. The van der Waals surface area contributed by atoms with E-state index in [2.05, 4.69) is 0 Å². The summed E-state index contributed by atoms with van der Waals surface area (Å²) < 4.78 is 0. The van der Waals surface area contributed by atoms with E-state index in [9.17, 15) is 20.1 Å². The summed E-state index contributed by atoms with van der Waals surface area (Å²) in [6.45, 7) is 0. The van der Waals surface area contributed by atoms with Crippen molar-refractivity contribution in [1.82, 2.24) is 0 Å². The van der Waals surface area contributed by atoms with Crippen LogP contribution >= 0.6 is 0 Å². The van der Waals surface area contributed by atoms with Gasteiger partial charge in [-0.05, 0) is 35.4 Å². The van der Waals surface area contributed by atoms with Gasteiger partial charge in [-0.3, -0.25) is 4.79 Å². The van der Waals surface area contributed by atoms with Gasteiger partial charge >= 0.3 is 31.8 Å². The van der Waals surface area contributed by atoms with Crippen LogP contribution in [0.15, 0.2) is 48.5 Å². The molecule has 0 aliphatic rings. The van der Waals surface area contributed by atoms with Crippen molar-refractivity contribution in [1.29, 1.82) is 0 Å². The first-order valence-corrected chi connectivity index (χ1v) is 5.38. The zero-order chi connectivity index (χ0) is 13.1. The number of phenols is 2. The van der Waals surface area contributed by atoms with E-state index in [-0.39, 0.29) is 37.3 Å². The van der Waals surface area contributed by atoms with E-state index in [0.717, 1.165) is 0 Å². The molecule has 98 valence electrons. The number of hydrogen-bond donors (Lipinski definition) is 3. The molecule has 2 aromatic rings. The standard InChI is InChI=1S/C14H12O4.In.3H/c15-11-5-1-9(2-6-11)13(14(17)18)10-3-7-12(16)8-4-10;;;;/h1-8,13,15-16H,(H,17,18);;;;. The van der Waals surface area contributed by atoms with Crippen molar-refractivity contribution in [2.24, 2.45) is 0 Å². The van der Waals surface area contributed by atoms with E-state index in [1.54, 1.807) is 24.3 Å². The molecule has 0 amide bonds. The quantitative estimate of drug-likeness (QED) is 0.765. The molecule has 0 aromatic heterocycles. The maximum atomic E-state index is 11.3. The van der Waals surface area contributed by atoms with Gasteiger partial charge in [-0.15, -0.1) is 0 Å². The molecule has 2 rings (SSSR count). The van der Waals surface area contributed by atoms with E-state index in [0.29, 0.717) is 11.1 Å². The maximum absolute atomic E-state index is 11.3. The zero-order valence-corrected chi connectivity index (χ0v) is 9.45. The molecule has 5 heteroatoms. The number of aromatic hydroxyl groups is 2. The minimum atomic E-state index is -0.980. The molecule has 0 unspecified atom stereocenters. The second-order valence-electron chi connectivity index (χ2n) is 3.95. The first kappa shape index (κ1) is 15.4. The second-order valence-corrected chi connectivity index (χ2v) is 3.95. The summed E-state index contributed by atoms with van der Waals surface area (Å²) in [4.78, 5) is 11.3. The van der Waals surface area contributed by atoms with E-state index < -0.39 is 11.9 Å². The molecule has 0 fully saturated rings. The summed E-state index contributed by atoms with van der Waals surface area (Å²) in [7, 11) is 0. The average Bonchev–Trinajstić information content (AvgIpc) is 2.34. The van der Waals surface area contributed by atoms with Gasteiger partial charge in [0.1, 0.15) is 17.4 Å². The Labute approximate surface area is 129 Å². The molecular formula is C14H15InO4. The SMILES string of the molecule is O=C(O)C(c1ccc(O)cc1)c1ccc(O)cc1.[InH3]. The molecular weight excluding hydrogens is 347 g/mol. The third-order valence-electron chi connectivity index (χ3n) is 2.70. The van der Waals surface area contributed by atoms with Crippen molar-refractivity contribution in [2.45, 2.75) is 5.92 Å². The number of benzene rings is 2. The van der Waals surface area contributed by atoms with Gasteiger partial charge in [0.15, 0.2) is 0 Å². The number of carboxylic acids is 1. The number of phenolic OH excluding ortho intramolecular Hbond substituents is 2. The van der Waals surface area contributed by atoms with Gasteiger partial charge in [-0.2, -0.15) is 0 Å². The van der Waals surface area contributed by atoms with Crippen molar-refractivity contribution < 1.29 is 20.1 Å². The fourth-order valence-electron chi connectivity index (χ4n) is 1.81. The molecule has 4 nitrogen and oxygen atoms in total. The van der Waals surface area contributed by atoms with Gasteiger partial charge in [0.05, 0.1) is 0 Å². The van der Waals surface area contributed by atoms with Crippen molar-refractivity contribution >= 4 is 31.8 Å². The number of aliphatic carboxylic acids is 1. The van der Waals surface area contributed by atoms with Gasteiger partial charge in [0, 0.05) is 0 Å². The Bertz CT molecular complexity index is 503. The molecule has 0 aliphatic carbocycles. The molecule has 3 N–H and O–H groups in total. The predicted molar refractivity (Wildman–Crippen MR) is 75.6 cm³/mol. The van der Waals surface area contributed by atoms with Crippen LogP contribution in [-0.2, 0) is 4.79 Å². The summed E-state index contributed by atoms with van der Waals surface area (Å²) in [5, 5.41) is 27.7. The van der Waals surface area contributed by atoms with Crippen LogP contribution in [0.2, 0.25) is 0 Å². The van der Waals surface area contributed by atoms with Crippen LogP contribution < -0.4 is 0 Å². The summed E-state index contributed by atoms with van der Waals surface area (Å²) in [5.74, 6) is -1.61. The van der Waals surface area contributed by atoms with Crippen LogP contribution in [0, 0.1) is 0 Å². The second kappa shape index (κ2) is 6.52. The van der Waals surface area contributed by atoms with Crippen LogP contribution in [-0.4, -0.2) is 47.1 Å². The van der Waals surface area contributed by atoms with Crippen molar-refractivity contribution in [3.05, 3.63) is 59.7 Å². The van der Waals surface area contributed by atoms with Crippen LogP contribution in [0.1, 0.15) is 17.0 Å². The molecule has 0 radical (unpaired) electrons. The van der Waals surface area contributed by atoms with E-state index in [4.69, 9.17) is 0 Å². The van der Waals surface area contributed by atoms with Crippen LogP contribution in [0.25, 0.3) is 0 Å². The number of rotatable bonds is 3. The monoisotopic (exact) mass is 362 g/mol. The molecule has 2 aromatic carbocycles. The molecule has 19 heavy (non-hydrogen) atoms. The molecule has 0 bridgehead atoms. The molecule has 0 saturated carbocycles. The van der Waals surface area contributed by atoms with E-state index in [1.807, 2.05) is 0 Å². The summed E-state index contributed by atoms with van der Waals surface area (Å²) in [5.41, 5.74) is 1.15. The number of carboxylic acid groups (broad SMARTS) is 1. The van der Waals surface area contributed by atoms with Gasteiger partial charge < -0.3 is 15.3 Å². The third kappa shape index (κ3) is 3.67. The van der Waals surface area contributed by atoms with Crippen molar-refractivity contribution in [2.75, 3.05) is 0 Å². The normalized spacial score (nSPS) is 9.95. The fraction of sp³-hybridized carbons (Fsp3) is 0.0714. The third-order valence-corrected chi connectivity index (χ3v) is 2.70. The van der Waals surface area contributed by atoms with Crippen LogP contribution in [0.5, 0.6) is 11.5 Å². The fourth-order valence-corrected chi connectivity index (χ4v) is 1.81. The van der Waals surface area contributed by atoms with Gasteiger partial charge in [0.25, 0.3) is 0 Å². The molecule has 0 saturated heterocycles. The first-order chi connectivity index (χ1) is 8.58. The summed E-state index contributed by atoms with van der Waals surface area (Å²) >= 11 is 0. The average molecular weight is 362 g/mol. The Morgan fingerprint density at radius 3 is 1.37 bits per heavy atom. The molecule has 0 heterocycles. The molecule has 0 spiro atoms. The number of carbonyl (C=O) groups is 1. The Hall–Kier alpha value is -1.62. The van der Waals surface area contributed by atoms with Gasteiger partial charge in [0.2, 0.25) is 0 Å². The van der Waals surface area contributed by atoms with Crippen LogP contribution in [0.4, 0.5) is 0 Å². The number of hydrogen-bond acceptors (Lipinski definition) is 3. The Kier molecular flexibility index (Phi) is 5.30. The Balaban J connectivity index is 0.00000180. The Morgan fingerprint density at radius 2 is 1.11 bits per heavy atom. The molecule has 0 atom stereocenters. The summed E-state index contributed by atoms with van der Waals surface area (Å²) in [6, 6.07) is 12.1. The van der Waals surface area contributed by atoms with Crippen molar-refractivity contribution in [3.63, 3.8) is 0 Å². The predicted octanol–water partition coefficient (Wildman–Crippen LogP) is 1.13.